The first-order valence-corrected chi connectivity index (χ1v) is 6.26. The minimum Gasteiger partial charge on any atom is -0.480 e. The van der Waals surface area contributed by atoms with Crippen molar-refractivity contribution < 1.29 is 14.7 Å². The molecule has 0 radical (unpaired) electrons. The molecule has 0 aliphatic carbocycles. The van der Waals surface area contributed by atoms with Crippen LogP contribution in [0, 0.1) is 17.8 Å². The molecule has 2 atom stereocenters. The van der Waals surface area contributed by atoms with Gasteiger partial charge in [-0.25, -0.2) is 4.79 Å². The molecule has 1 amide bonds. The SMILES string of the molecule is CC(C)CC(C)CC(=O)N[C@@H](C(=O)O)C(C)C. The highest BCUT2D eigenvalue weighted by Gasteiger charge is 2.23. The number of amides is 1. The Morgan fingerprint density at radius 1 is 1.12 bits per heavy atom. The smallest absolute Gasteiger partial charge is 0.326 e. The molecule has 0 bridgehead atoms. The van der Waals surface area contributed by atoms with Crippen LogP contribution in [0.15, 0.2) is 0 Å². The third kappa shape index (κ3) is 6.97. The maximum Gasteiger partial charge on any atom is 0.326 e. The molecule has 0 aliphatic heterocycles. The molecule has 0 aromatic rings. The van der Waals surface area contributed by atoms with Gasteiger partial charge < -0.3 is 10.4 Å². The Morgan fingerprint density at radius 2 is 1.65 bits per heavy atom. The van der Waals surface area contributed by atoms with Gasteiger partial charge in [-0.1, -0.05) is 34.6 Å². The van der Waals surface area contributed by atoms with Crippen LogP contribution in [0.2, 0.25) is 0 Å². The summed E-state index contributed by atoms with van der Waals surface area (Å²) in [4.78, 5) is 22.6. The zero-order valence-electron chi connectivity index (χ0n) is 11.5. The minimum atomic E-state index is -0.968. The molecule has 0 aromatic heterocycles. The summed E-state index contributed by atoms with van der Waals surface area (Å²) >= 11 is 0. The number of carbonyl (C=O) groups is 2. The fraction of sp³-hybridized carbons (Fsp3) is 0.846. The molecular formula is C13H25NO3. The quantitative estimate of drug-likeness (QED) is 0.721. The molecule has 0 aromatic carbocycles. The lowest BCUT2D eigenvalue weighted by Gasteiger charge is -2.19. The van der Waals surface area contributed by atoms with E-state index in [-0.39, 0.29) is 17.7 Å². The number of carbonyl (C=O) groups excluding carboxylic acids is 1. The summed E-state index contributed by atoms with van der Waals surface area (Å²) in [5, 5.41) is 11.5. The first-order valence-electron chi connectivity index (χ1n) is 6.26. The van der Waals surface area contributed by atoms with Gasteiger partial charge in [0.25, 0.3) is 0 Å². The number of aliphatic carboxylic acids is 1. The molecule has 0 heterocycles. The summed E-state index contributed by atoms with van der Waals surface area (Å²) in [5.41, 5.74) is 0. The molecule has 2 N–H and O–H groups in total. The maximum absolute atomic E-state index is 11.7. The molecule has 0 spiro atoms. The van der Waals surface area contributed by atoms with Gasteiger partial charge in [-0.2, -0.15) is 0 Å². The zero-order chi connectivity index (χ0) is 13.6. The molecule has 0 saturated heterocycles. The van der Waals surface area contributed by atoms with Gasteiger partial charge in [-0.15, -0.1) is 0 Å². The largest absolute Gasteiger partial charge is 0.480 e. The van der Waals surface area contributed by atoms with Crippen molar-refractivity contribution in [2.24, 2.45) is 17.8 Å². The van der Waals surface area contributed by atoms with E-state index in [2.05, 4.69) is 19.2 Å². The monoisotopic (exact) mass is 243 g/mol. The van der Waals surface area contributed by atoms with Crippen LogP contribution in [0.4, 0.5) is 0 Å². The standard InChI is InChI=1S/C13H25NO3/c1-8(2)6-10(5)7-11(15)14-12(9(3)4)13(16)17/h8-10,12H,6-7H2,1-5H3,(H,14,15)(H,16,17)/t10?,12-/m1/s1. The summed E-state index contributed by atoms with van der Waals surface area (Å²) in [6.07, 6.45) is 1.38. The number of hydrogen-bond donors (Lipinski definition) is 2. The van der Waals surface area contributed by atoms with Crippen LogP contribution in [0.1, 0.15) is 47.5 Å². The van der Waals surface area contributed by atoms with Gasteiger partial charge in [0.15, 0.2) is 0 Å². The predicted octanol–water partition coefficient (Wildman–Crippen LogP) is 2.28. The lowest BCUT2D eigenvalue weighted by molar-refractivity contribution is -0.143. The minimum absolute atomic E-state index is 0.100. The van der Waals surface area contributed by atoms with E-state index in [1.807, 2.05) is 6.92 Å². The van der Waals surface area contributed by atoms with E-state index in [1.54, 1.807) is 13.8 Å². The van der Waals surface area contributed by atoms with E-state index < -0.39 is 12.0 Å². The highest BCUT2D eigenvalue weighted by Crippen LogP contribution is 2.14. The normalized spacial score (nSPS) is 14.8. The van der Waals surface area contributed by atoms with Crippen molar-refractivity contribution in [3.05, 3.63) is 0 Å². The molecule has 0 fully saturated rings. The highest BCUT2D eigenvalue weighted by atomic mass is 16.4. The van der Waals surface area contributed by atoms with Gasteiger partial charge in [-0.05, 0) is 24.2 Å². The average Bonchev–Trinajstić information content (AvgIpc) is 2.11. The Balaban J connectivity index is 4.19. The fourth-order valence-corrected chi connectivity index (χ4v) is 1.95. The van der Waals surface area contributed by atoms with Gasteiger partial charge in [0.2, 0.25) is 5.91 Å². The molecule has 4 heteroatoms. The molecule has 17 heavy (non-hydrogen) atoms. The second-order valence-electron chi connectivity index (χ2n) is 5.57. The first kappa shape index (κ1) is 15.9. The zero-order valence-corrected chi connectivity index (χ0v) is 11.5. The lowest BCUT2D eigenvalue weighted by Crippen LogP contribution is -2.44. The molecular weight excluding hydrogens is 218 g/mol. The van der Waals surface area contributed by atoms with Crippen molar-refractivity contribution >= 4 is 11.9 Å². The Labute approximate surface area is 104 Å². The van der Waals surface area contributed by atoms with Gasteiger partial charge >= 0.3 is 5.97 Å². The van der Waals surface area contributed by atoms with Crippen LogP contribution in [-0.4, -0.2) is 23.0 Å². The fourth-order valence-electron chi connectivity index (χ4n) is 1.95. The van der Waals surface area contributed by atoms with Crippen LogP contribution in [0.25, 0.3) is 0 Å². The summed E-state index contributed by atoms with van der Waals surface area (Å²) in [7, 11) is 0. The lowest BCUT2D eigenvalue weighted by atomic mass is 9.95. The number of carboxylic acid groups (broad SMARTS) is 1. The average molecular weight is 243 g/mol. The number of rotatable bonds is 7. The van der Waals surface area contributed by atoms with Crippen molar-refractivity contribution in [2.45, 2.75) is 53.5 Å². The number of nitrogens with one attached hydrogen (secondary N) is 1. The van der Waals surface area contributed by atoms with Gasteiger partial charge in [-0.3, -0.25) is 4.79 Å². The number of carboxylic acids is 1. The number of hydrogen-bond acceptors (Lipinski definition) is 2. The van der Waals surface area contributed by atoms with E-state index in [0.29, 0.717) is 12.3 Å². The summed E-state index contributed by atoms with van der Waals surface area (Å²) in [6, 6.07) is -0.784. The Kier molecular flexibility index (Phi) is 6.85. The van der Waals surface area contributed by atoms with E-state index in [9.17, 15) is 9.59 Å². The maximum atomic E-state index is 11.7. The van der Waals surface area contributed by atoms with Crippen molar-refractivity contribution in [3.8, 4) is 0 Å². The summed E-state index contributed by atoms with van der Waals surface area (Å²) < 4.78 is 0. The summed E-state index contributed by atoms with van der Waals surface area (Å²) in [5.74, 6) is -0.393. The Hall–Kier alpha value is -1.06. The molecule has 1 unspecified atom stereocenters. The van der Waals surface area contributed by atoms with Crippen molar-refractivity contribution in [1.29, 1.82) is 0 Å². The van der Waals surface area contributed by atoms with Crippen LogP contribution in [-0.2, 0) is 9.59 Å². The van der Waals surface area contributed by atoms with Crippen LogP contribution >= 0.6 is 0 Å². The summed E-state index contributed by atoms with van der Waals surface area (Å²) in [6.45, 7) is 9.82. The van der Waals surface area contributed by atoms with Crippen LogP contribution < -0.4 is 5.32 Å². The van der Waals surface area contributed by atoms with Gasteiger partial charge in [0, 0.05) is 6.42 Å². The first-order chi connectivity index (χ1) is 7.73. The molecule has 4 nitrogen and oxygen atoms in total. The van der Waals surface area contributed by atoms with Crippen LogP contribution in [0.3, 0.4) is 0 Å². The van der Waals surface area contributed by atoms with E-state index in [0.717, 1.165) is 6.42 Å². The third-order valence-corrected chi connectivity index (χ3v) is 2.66. The molecule has 0 rings (SSSR count). The topological polar surface area (TPSA) is 66.4 Å². The van der Waals surface area contributed by atoms with Gasteiger partial charge in [0.1, 0.15) is 6.04 Å². The van der Waals surface area contributed by atoms with Crippen molar-refractivity contribution in [2.75, 3.05) is 0 Å². The second kappa shape index (κ2) is 7.30. The molecule has 100 valence electrons. The van der Waals surface area contributed by atoms with Crippen molar-refractivity contribution in [1.82, 2.24) is 5.32 Å². The Bertz CT molecular complexity index is 261. The van der Waals surface area contributed by atoms with Gasteiger partial charge in [0.05, 0.1) is 0 Å². The van der Waals surface area contributed by atoms with E-state index in [4.69, 9.17) is 5.11 Å². The Morgan fingerprint density at radius 3 is 2.00 bits per heavy atom. The molecule has 0 aliphatic rings. The van der Waals surface area contributed by atoms with Crippen molar-refractivity contribution in [3.63, 3.8) is 0 Å². The van der Waals surface area contributed by atoms with E-state index >= 15 is 0 Å². The highest BCUT2D eigenvalue weighted by molar-refractivity contribution is 5.83. The predicted molar refractivity (Wildman–Crippen MR) is 67.6 cm³/mol. The second-order valence-corrected chi connectivity index (χ2v) is 5.57. The van der Waals surface area contributed by atoms with E-state index in [1.165, 1.54) is 0 Å². The third-order valence-electron chi connectivity index (χ3n) is 2.66. The molecule has 0 saturated carbocycles. The van der Waals surface area contributed by atoms with Crippen LogP contribution in [0.5, 0.6) is 0 Å².